The summed E-state index contributed by atoms with van der Waals surface area (Å²) >= 11 is 0. The number of nitrogens with two attached hydrogens (primary N) is 1. The molecule has 0 aromatic heterocycles. The molecule has 1 aliphatic heterocycles. The molecule has 0 spiro atoms. The van der Waals surface area contributed by atoms with Crippen molar-refractivity contribution in [2.75, 3.05) is 25.4 Å². The van der Waals surface area contributed by atoms with E-state index in [1.165, 1.54) is 6.07 Å². The summed E-state index contributed by atoms with van der Waals surface area (Å²) in [7, 11) is 0. The van der Waals surface area contributed by atoms with Crippen LogP contribution in [0.2, 0.25) is 0 Å². The fraction of sp³-hybridized carbons (Fsp3) is 0.611. The molecule has 0 saturated carbocycles. The Balaban J connectivity index is 2.09. The van der Waals surface area contributed by atoms with Gasteiger partial charge in [0.15, 0.2) is 6.61 Å². The number of rotatable bonds is 3. The quantitative estimate of drug-likeness (QED) is 0.800. The molecule has 1 aromatic carbocycles. The van der Waals surface area contributed by atoms with E-state index in [1.54, 1.807) is 37.8 Å². The van der Waals surface area contributed by atoms with Gasteiger partial charge >= 0.3 is 12.3 Å². The van der Waals surface area contributed by atoms with Crippen molar-refractivity contribution in [1.82, 2.24) is 4.90 Å². The summed E-state index contributed by atoms with van der Waals surface area (Å²) in [5.41, 5.74) is 6.32. The monoisotopic (exact) mass is 374 g/mol. The molecule has 2 rings (SSSR count). The molecular weight excluding hydrogens is 349 g/mol. The largest absolute Gasteiger partial charge is 0.484 e. The Bertz CT molecular complexity index is 642. The lowest BCUT2D eigenvalue weighted by Gasteiger charge is -2.34. The van der Waals surface area contributed by atoms with Crippen LogP contribution >= 0.6 is 0 Å². The summed E-state index contributed by atoms with van der Waals surface area (Å²) in [5, 5.41) is 0. The first kappa shape index (κ1) is 20.2. The molecule has 8 heteroatoms. The molecule has 1 unspecified atom stereocenters. The van der Waals surface area contributed by atoms with Crippen LogP contribution in [0.25, 0.3) is 0 Å². The van der Waals surface area contributed by atoms with Crippen LogP contribution in [-0.2, 0) is 4.74 Å². The average Bonchev–Trinajstić information content (AvgIpc) is 2.50. The lowest BCUT2D eigenvalue weighted by molar-refractivity contribution is -0.153. The van der Waals surface area contributed by atoms with Crippen molar-refractivity contribution < 1.29 is 27.4 Å². The number of nitrogens with zero attached hydrogens (tertiary/aromatic N) is 1. The van der Waals surface area contributed by atoms with E-state index in [-0.39, 0.29) is 17.8 Å². The highest BCUT2D eigenvalue weighted by molar-refractivity contribution is 5.68. The molecule has 1 aromatic rings. The van der Waals surface area contributed by atoms with Gasteiger partial charge in [-0.2, -0.15) is 13.2 Å². The predicted molar refractivity (Wildman–Crippen MR) is 92.2 cm³/mol. The lowest BCUT2D eigenvalue weighted by Crippen LogP contribution is -2.42. The van der Waals surface area contributed by atoms with Crippen molar-refractivity contribution in [3.8, 4) is 5.75 Å². The van der Waals surface area contributed by atoms with Gasteiger partial charge in [0.25, 0.3) is 0 Å². The lowest BCUT2D eigenvalue weighted by atomic mass is 9.90. The molecule has 1 aliphatic rings. The number of carbonyl (C=O) groups is 1. The molecule has 0 bridgehead atoms. The number of alkyl halides is 3. The SMILES string of the molecule is CC(C)(C)OC(=O)N1CCCC(c2cc(N)cc(OCC(F)(F)F)c2)C1. The maximum absolute atomic E-state index is 12.4. The fourth-order valence-electron chi connectivity index (χ4n) is 2.87. The second kappa shape index (κ2) is 7.63. The summed E-state index contributed by atoms with van der Waals surface area (Å²) in [4.78, 5) is 13.9. The van der Waals surface area contributed by atoms with Gasteiger partial charge in [-0.3, -0.25) is 0 Å². The van der Waals surface area contributed by atoms with Crippen molar-refractivity contribution in [3.05, 3.63) is 23.8 Å². The number of anilines is 1. The molecule has 0 radical (unpaired) electrons. The zero-order valence-electron chi connectivity index (χ0n) is 15.2. The summed E-state index contributed by atoms with van der Waals surface area (Å²) in [5.74, 6) is 0.0414. The van der Waals surface area contributed by atoms with E-state index in [9.17, 15) is 18.0 Å². The van der Waals surface area contributed by atoms with Crippen LogP contribution in [0.4, 0.5) is 23.7 Å². The van der Waals surface area contributed by atoms with Crippen LogP contribution in [0.5, 0.6) is 5.75 Å². The third-order valence-corrected chi connectivity index (χ3v) is 3.90. The van der Waals surface area contributed by atoms with Crippen molar-refractivity contribution in [2.45, 2.75) is 51.3 Å². The van der Waals surface area contributed by atoms with Crippen molar-refractivity contribution in [3.63, 3.8) is 0 Å². The minimum atomic E-state index is -4.41. The molecule has 146 valence electrons. The number of hydrogen-bond donors (Lipinski definition) is 1. The highest BCUT2D eigenvalue weighted by atomic mass is 19.4. The van der Waals surface area contributed by atoms with Gasteiger partial charge in [-0.1, -0.05) is 0 Å². The Morgan fingerprint density at radius 3 is 2.58 bits per heavy atom. The van der Waals surface area contributed by atoms with E-state index < -0.39 is 18.4 Å². The van der Waals surface area contributed by atoms with E-state index in [1.807, 2.05) is 0 Å². The first-order chi connectivity index (χ1) is 11.9. The van der Waals surface area contributed by atoms with Crippen LogP contribution in [0, 0.1) is 0 Å². The first-order valence-corrected chi connectivity index (χ1v) is 8.51. The molecular formula is C18H25F3N2O3. The number of halogens is 3. The van der Waals surface area contributed by atoms with Crippen molar-refractivity contribution in [1.29, 1.82) is 0 Å². The van der Waals surface area contributed by atoms with Crippen LogP contribution in [0.15, 0.2) is 18.2 Å². The highest BCUT2D eigenvalue weighted by Crippen LogP contribution is 2.32. The number of nitrogen functional groups attached to an aromatic ring is 1. The van der Waals surface area contributed by atoms with Gasteiger partial charge < -0.3 is 20.1 Å². The Hall–Kier alpha value is -2.12. The number of amides is 1. The van der Waals surface area contributed by atoms with Crippen LogP contribution < -0.4 is 10.5 Å². The van der Waals surface area contributed by atoms with E-state index >= 15 is 0 Å². The third-order valence-electron chi connectivity index (χ3n) is 3.90. The molecule has 1 heterocycles. The second-order valence-corrected chi connectivity index (χ2v) is 7.50. The van der Waals surface area contributed by atoms with Gasteiger partial charge in [-0.05, 0) is 51.3 Å². The Morgan fingerprint density at radius 1 is 1.27 bits per heavy atom. The summed E-state index contributed by atoms with van der Waals surface area (Å²) in [6.45, 7) is 5.05. The van der Waals surface area contributed by atoms with E-state index in [4.69, 9.17) is 15.2 Å². The van der Waals surface area contributed by atoms with Crippen LogP contribution in [-0.4, -0.2) is 42.5 Å². The summed E-state index contributed by atoms with van der Waals surface area (Å²) < 4.78 is 47.3. The Kier molecular flexibility index (Phi) is 5.93. The minimum absolute atomic E-state index is 0.0343. The van der Waals surface area contributed by atoms with Gasteiger partial charge in [0, 0.05) is 30.8 Å². The molecule has 1 saturated heterocycles. The number of benzene rings is 1. The fourth-order valence-corrected chi connectivity index (χ4v) is 2.87. The summed E-state index contributed by atoms with van der Waals surface area (Å²) in [6, 6.07) is 4.64. The normalized spacial score (nSPS) is 18.5. The molecule has 5 nitrogen and oxygen atoms in total. The Morgan fingerprint density at radius 2 is 1.96 bits per heavy atom. The number of hydrogen-bond acceptors (Lipinski definition) is 4. The van der Waals surface area contributed by atoms with Crippen LogP contribution in [0.3, 0.4) is 0 Å². The molecule has 2 N–H and O–H groups in total. The molecule has 1 atom stereocenters. The van der Waals surface area contributed by atoms with E-state index in [0.29, 0.717) is 18.8 Å². The maximum atomic E-state index is 12.4. The van der Waals surface area contributed by atoms with Crippen LogP contribution in [0.1, 0.15) is 45.1 Å². The van der Waals surface area contributed by atoms with E-state index in [0.717, 1.165) is 18.4 Å². The maximum Gasteiger partial charge on any atom is 0.422 e. The minimum Gasteiger partial charge on any atom is -0.484 e. The molecule has 26 heavy (non-hydrogen) atoms. The smallest absolute Gasteiger partial charge is 0.422 e. The van der Waals surface area contributed by atoms with Crippen molar-refractivity contribution >= 4 is 11.8 Å². The predicted octanol–water partition coefficient (Wildman–Crippen LogP) is 4.32. The zero-order valence-corrected chi connectivity index (χ0v) is 15.2. The van der Waals surface area contributed by atoms with Gasteiger partial charge in [0.2, 0.25) is 0 Å². The zero-order chi connectivity index (χ0) is 19.5. The second-order valence-electron chi connectivity index (χ2n) is 7.50. The summed E-state index contributed by atoms with van der Waals surface area (Å²) in [6.07, 6.45) is -3.22. The third kappa shape index (κ3) is 6.31. The topological polar surface area (TPSA) is 64.8 Å². The average molecular weight is 374 g/mol. The van der Waals surface area contributed by atoms with E-state index in [2.05, 4.69) is 0 Å². The van der Waals surface area contributed by atoms with Gasteiger partial charge in [0.05, 0.1) is 0 Å². The Labute approximate surface area is 151 Å². The standard InChI is InChI=1S/C18H25F3N2O3/c1-17(2,3)26-16(24)23-6-4-5-12(10-23)13-7-14(22)9-15(8-13)25-11-18(19,20)21/h7-9,12H,4-6,10-11,22H2,1-3H3. The highest BCUT2D eigenvalue weighted by Gasteiger charge is 2.30. The number of likely N-dealkylation sites (tertiary alicyclic amines) is 1. The number of piperidine rings is 1. The first-order valence-electron chi connectivity index (χ1n) is 8.51. The number of carbonyl (C=O) groups excluding carboxylic acids is 1. The van der Waals surface area contributed by atoms with Gasteiger partial charge in [-0.15, -0.1) is 0 Å². The molecule has 1 fully saturated rings. The molecule has 1 amide bonds. The van der Waals surface area contributed by atoms with Crippen molar-refractivity contribution in [2.24, 2.45) is 0 Å². The van der Waals surface area contributed by atoms with Gasteiger partial charge in [-0.25, -0.2) is 4.79 Å². The molecule has 0 aliphatic carbocycles. The van der Waals surface area contributed by atoms with Gasteiger partial charge in [0.1, 0.15) is 11.4 Å². The number of ether oxygens (including phenoxy) is 2.